The van der Waals surface area contributed by atoms with E-state index in [2.05, 4.69) is 20.6 Å². The number of anilines is 2. The molecule has 30 heavy (non-hydrogen) atoms. The number of aromatic amines is 1. The van der Waals surface area contributed by atoms with Crippen LogP contribution in [0.15, 0.2) is 24.3 Å². The zero-order valence-corrected chi connectivity index (χ0v) is 17.4. The predicted molar refractivity (Wildman–Crippen MR) is 113 cm³/mol. The van der Waals surface area contributed by atoms with Crippen LogP contribution in [0, 0.1) is 13.8 Å². The number of methoxy groups -OCH3 is 1. The number of carbonyl (C=O) groups is 2. The maximum Gasteiger partial charge on any atom is 0.273 e. The Kier molecular flexibility index (Phi) is 5.03. The summed E-state index contributed by atoms with van der Waals surface area (Å²) < 4.78 is 7.24. The SMILES string of the molecule is COc1cc(NC(=O)c2cc(-c3c(C)nn(C)c3C)n[nH]2)ccc1N1CCCC1=O. The van der Waals surface area contributed by atoms with E-state index < -0.39 is 0 Å². The van der Waals surface area contributed by atoms with Gasteiger partial charge in [-0.25, -0.2) is 0 Å². The Morgan fingerprint density at radius 2 is 2.07 bits per heavy atom. The molecule has 3 aromatic rings. The Balaban J connectivity index is 1.54. The van der Waals surface area contributed by atoms with Gasteiger partial charge in [0.25, 0.3) is 5.91 Å². The third-order valence-electron chi connectivity index (χ3n) is 5.39. The van der Waals surface area contributed by atoms with Crippen molar-refractivity contribution in [2.24, 2.45) is 7.05 Å². The number of hydrogen-bond acceptors (Lipinski definition) is 5. The topological polar surface area (TPSA) is 105 Å². The Bertz CT molecular complexity index is 1130. The summed E-state index contributed by atoms with van der Waals surface area (Å²) in [5, 5.41) is 14.3. The largest absolute Gasteiger partial charge is 0.494 e. The van der Waals surface area contributed by atoms with E-state index in [0.717, 1.165) is 23.4 Å². The van der Waals surface area contributed by atoms with Gasteiger partial charge in [-0.15, -0.1) is 0 Å². The average Bonchev–Trinajstić information content (AvgIpc) is 3.42. The highest BCUT2D eigenvalue weighted by Crippen LogP contribution is 2.34. The third kappa shape index (κ3) is 3.42. The number of aryl methyl sites for hydroxylation is 2. The number of hydrogen-bond donors (Lipinski definition) is 2. The van der Waals surface area contributed by atoms with Crippen LogP contribution in [0.1, 0.15) is 34.7 Å². The van der Waals surface area contributed by atoms with Gasteiger partial charge in [-0.05, 0) is 38.5 Å². The first-order valence-electron chi connectivity index (χ1n) is 9.74. The van der Waals surface area contributed by atoms with Gasteiger partial charge in [0.05, 0.1) is 24.2 Å². The van der Waals surface area contributed by atoms with Crippen molar-refractivity contribution < 1.29 is 14.3 Å². The number of H-pyrrole nitrogens is 1. The maximum atomic E-state index is 12.7. The van der Waals surface area contributed by atoms with Gasteiger partial charge in [-0.2, -0.15) is 10.2 Å². The lowest BCUT2D eigenvalue weighted by Crippen LogP contribution is -2.24. The third-order valence-corrected chi connectivity index (χ3v) is 5.39. The molecule has 1 saturated heterocycles. The molecule has 156 valence electrons. The lowest BCUT2D eigenvalue weighted by Gasteiger charge is -2.19. The molecule has 0 saturated carbocycles. The zero-order valence-electron chi connectivity index (χ0n) is 17.4. The van der Waals surface area contributed by atoms with E-state index in [9.17, 15) is 9.59 Å². The van der Waals surface area contributed by atoms with Crippen LogP contribution in [-0.2, 0) is 11.8 Å². The summed E-state index contributed by atoms with van der Waals surface area (Å²) in [5.41, 5.74) is 5.03. The number of aromatic nitrogens is 4. The minimum Gasteiger partial charge on any atom is -0.494 e. The lowest BCUT2D eigenvalue weighted by atomic mass is 10.1. The molecular weight excluding hydrogens is 384 g/mol. The fourth-order valence-corrected chi connectivity index (χ4v) is 3.79. The molecule has 3 heterocycles. The molecule has 1 aromatic carbocycles. The fourth-order valence-electron chi connectivity index (χ4n) is 3.79. The Morgan fingerprint density at radius 1 is 1.27 bits per heavy atom. The molecule has 1 fully saturated rings. The summed E-state index contributed by atoms with van der Waals surface area (Å²) >= 11 is 0. The van der Waals surface area contributed by atoms with Gasteiger partial charge in [-0.1, -0.05) is 0 Å². The average molecular weight is 408 g/mol. The smallest absolute Gasteiger partial charge is 0.273 e. The highest BCUT2D eigenvalue weighted by atomic mass is 16.5. The van der Waals surface area contributed by atoms with Crippen molar-refractivity contribution in [2.75, 3.05) is 23.9 Å². The van der Waals surface area contributed by atoms with Gasteiger partial charge in [-0.3, -0.25) is 19.4 Å². The number of rotatable bonds is 5. The Morgan fingerprint density at radius 3 is 2.70 bits per heavy atom. The van der Waals surface area contributed by atoms with Crippen LogP contribution >= 0.6 is 0 Å². The van der Waals surface area contributed by atoms with E-state index in [4.69, 9.17) is 4.74 Å². The summed E-state index contributed by atoms with van der Waals surface area (Å²) in [6.07, 6.45) is 1.37. The summed E-state index contributed by atoms with van der Waals surface area (Å²) in [5.74, 6) is 0.297. The van der Waals surface area contributed by atoms with Gasteiger partial charge >= 0.3 is 0 Å². The molecule has 0 atom stereocenters. The number of nitrogens with zero attached hydrogens (tertiary/aromatic N) is 4. The number of amides is 2. The minimum atomic E-state index is -0.319. The molecule has 0 aliphatic carbocycles. The summed E-state index contributed by atoms with van der Waals surface area (Å²) in [6, 6.07) is 6.97. The Hall–Kier alpha value is -3.62. The van der Waals surface area contributed by atoms with Crippen LogP contribution in [0.4, 0.5) is 11.4 Å². The van der Waals surface area contributed by atoms with Gasteiger partial charge in [0, 0.05) is 43.0 Å². The normalized spacial score (nSPS) is 13.7. The van der Waals surface area contributed by atoms with Gasteiger partial charge < -0.3 is 15.0 Å². The first-order chi connectivity index (χ1) is 14.4. The fraction of sp³-hybridized carbons (Fsp3) is 0.333. The molecule has 2 amide bonds. The summed E-state index contributed by atoms with van der Waals surface area (Å²) in [4.78, 5) is 26.5. The second-order valence-corrected chi connectivity index (χ2v) is 7.33. The molecule has 9 heteroatoms. The molecule has 2 aromatic heterocycles. The van der Waals surface area contributed by atoms with Crippen molar-refractivity contribution >= 4 is 23.2 Å². The molecule has 0 bridgehead atoms. The van der Waals surface area contributed by atoms with Crippen molar-refractivity contribution in [3.8, 4) is 17.0 Å². The predicted octanol–water partition coefficient (Wildman–Crippen LogP) is 2.81. The van der Waals surface area contributed by atoms with Gasteiger partial charge in [0.15, 0.2) is 0 Å². The van der Waals surface area contributed by atoms with Gasteiger partial charge in [0.1, 0.15) is 11.4 Å². The molecule has 0 spiro atoms. The molecule has 9 nitrogen and oxygen atoms in total. The highest BCUT2D eigenvalue weighted by Gasteiger charge is 2.25. The van der Waals surface area contributed by atoms with Crippen LogP contribution < -0.4 is 15.0 Å². The molecule has 1 aliphatic rings. The summed E-state index contributed by atoms with van der Waals surface area (Å²) in [6.45, 7) is 4.55. The van der Waals surface area contributed by atoms with Crippen molar-refractivity contribution in [1.29, 1.82) is 0 Å². The van der Waals surface area contributed by atoms with Crippen LogP contribution in [0.25, 0.3) is 11.3 Å². The highest BCUT2D eigenvalue weighted by molar-refractivity contribution is 6.04. The number of benzene rings is 1. The van der Waals surface area contributed by atoms with E-state index in [-0.39, 0.29) is 11.8 Å². The summed E-state index contributed by atoms with van der Waals surface area (Å²) in [7, 11) is 3.42. The first kappa shape index (κ1) is 19.7. The quantitative estimate of drug-likeness (QED) is 0.675. The molecule has 1 aliphatic heterocycles. The van der Waals surface area contributed by atoms with Crippen LogP contribution in [0.5, 0.6) is 5.75 Å². The van der Waals surface area contributed by atoms with Crippen molar-refractivity contribution in [3.05, 3.63) is 41.3 Å². The molecule has 2 N–H and O–H groups in total. The molecular formula is C21H24N6O3. The molecule has 0 radical (unpaired) electrons. The van der Waals surface area contributed by atoms with E-state index in [1.165, 1.54) is 0 Å². The lowest BCUT2D eigenvalue weighted by molar-refractivity contribution is -0.117. The van der Waals surface area contributed by atoms with Crippen LogP contribution in [0.2, 0.25) is 0 Å². The number of ether oxygens (including phenoxy) is 1. The van der Waals surface area contributed by atoms with E-state index in [1.807, 2.05) is 20.9 Å². The second-order valence-electron chi connectivity index (χ2n) is 7.33. The van der Waals surface area contributed by atoms with E-state index >= 15 is 0 Å². The number of carbonyl (C=O) groups excluding carboxylic acids is 2. The van der Waals surface area contributed by atoms with Crippen LogP contribution in [-0.4, -0.2) is 45.4 Å². The van der Waals surface area contributed by atoms with Crippen molar-refractivity contribution in [3.63, 3.8) is 0 Å². The minimum absolute atomic E-state index is 0.0797. The Labute approximate surface area is 174 Å². The zero-order chi connectivity index (χ0) is 21.4. The first-order valence-corrected chi connectivity index (χ1v) is 9.74. The maximum absolute atomic E-state index is 12.7. The molecule has 4 rings (SSSR count). The van der Waals surface area contributed by atoms with Crippen molar-refractivity contribution in [1.82, 2.24) is 20.0 Å². The van der Waals surface area contributed by atoms with Crippen LogP contribution in [0.3, 0.4) is 0 Å². The van der Waals surface area contributed by atoms with E-state index in [0.29, 0.717) is 41.5 Å². The number of nitrogens with one attached hydrogen (secondary N) is 2. The van der Waals surface area contributed by atoms with E-state index in [1.54, 1.807) is 41.0 Å². The molecule has 0 unspecified atom stereocenters. The standard InChI is InChI=1S/C21H24N6O3/c1-12-20(13(2)26(3)25-12)15-11-16(24-23-15)21(29)22-14-7-8-17(18(10-14)30-4)27-9-5-6-19(27)28/h7-8,10-11H,5-6,9H2,1-4H3,(H,22,29)(H,23,24). The van der Waals surface area contributed by atoms with Crippen molar-refractivity contribution in [2.45, 2.75) is 26.7 Å². The van der Waals surface area contributed by atoms with Gasteiger partial charge in [0.2, 0.25) is 5.91 Å². The second kappa shape index (κ2) is 7.66. The monoisotopic (exact) mass is 408 g/mol.